The largest absolute Gasteiger partial charge is 0.335 e. The van der Waals surface area contributed by atoms with Crippen LogP contribution in [0.3, 0.4) is 0 Å². The van der Waals surface area contributed by atoms with Crippen LogP contribution in [-0.4, -0.2) is 58.3 Å². The number of aromatic nitrogens is 2. The van der Waals surface area contributed by atoms with Crippen molar-refractivity contribution in [2.45, 2.75) is 0 Å². The Morgan fingerprint density at radius 3 is 2.50 bits per heavy atom. The Kier molecular flexibility index (Phi) is 3.82. The molecule has 2 aromatic heterocycles. The molecule has 0 N–H and O–H groups in total. The second-order valence-corrected chi connectivity index (χ2v) is 7.02. The zero-order valence-electron chi connectivity index (χ0n) is 13.3. The fraction of sp³-hybridized carbons (Fsp3) is 0.294. The van der Waals surface area contributed by atoms with E-state index >= 15 is 0 Å². The Hall–Kier alpha value is -2.25. The van der Waals surface area contributed by atoms with Gasteiger partial charge in [-0.1, -0.05) is 23.5 Å². The van der Waals surface area contributed by atoms with Crippen LogP contribution in [0.2, 0.25) is 0 Å². The van der Waals surface area contributed by atoms with Gasteiger partial charge in [0.1, 0.15) is 11.5 Å². The molecule has 0 aliphatic carbocycles. The van der Waals surface area contributed by atoms with Crippen molar-refractivity contribution in [1.82, 2.24) is 19.2 Å². The molecule has 1 aromatic carbocycles. The SMILES string of the molecule is CN1CCN(C(=O)c2cn3cc(-c4ccc(F)cc4)sc3n2)CC1. The number of thiazole rings is 1. The molecule has 4 rings (SSSR count). The van der Waals surface area contributed by atoms with Crippen molar-refractivity contribution in [3.8, 4) is 10.4 Å². The average molecular weight is 344 g/mol. The van der Waals surface area contributed by atoms with E-state index in [0.717, 1.165) is 41.6 Å². The molecule has 0 saturated carbocycles. The van der Waals surface area contributed by atoms with E-state index in [-0.39, 0.29) is 11.7 Å². The van der Waals surface area contributed by atoms with Crippen molar-refractivity contribution in [3.63, 3.8) is 0 Å². The molecule has 1 saturated heterocycles. The van der Waals surface area contributed by atoms with Crippen molar-refractivity contribution in [1.29, 1.82) is 0 Å². The molecule has 1 amide bonds. The molecule has 0 atom stereocenters. The number of hydrogen-bond donors (Lipinski definition) is 0. The smallest absolute Gasteiger partial charge is 0.274 e. The summed E-state index contributed by atoms with van der Waals surface area (Å²) < 4.78 is 14.9. The molecule has 3 aromatic rings. The fourth-order valence-electron chi connectivity index (χ4n) is 2.82. The molecule has 0 unspecified atom stereocenters. The molecular weight excluding hydrogens is 327 g/mol. The van der Waals surface area contributed by atoms with E-state index in [1.165, 1.54) is 23.5 Å². The second kappa shape index (κ2) is 5.99. The van der Waals surface area contributed by atoms with Crippen molar-refractivity contribution in [2.24, 2.45) is 0 Å². The Morgan fingerprint density at radius 2 is 1.83 bits per heavy atom. The van der Waals surface area contributed by atoms with E-state index in [1.807, 2.05) is 15.5 Å². The van der Waals surface area contributed by atoms with Gasteiger partial charge in [0.2, 0.25) is 0 Å². The summed E-state index contributed by atoms with van der Waals surface area (Å²) in [4.78, 5) is 22.9. The van der Waals surface area contributed by atoms with Gasteiger partial charge >= 0.3 is 0 Å². The van der Waals surface area contributed by atoms with Gasteiger partial charge < -0.3 is 9.80 Å². The number of hydrogen-bond acceptors (Lipinski definition) is 4. The van der Waals surface area contributed by atoms with Crippen LogP contribution in [0.25, 0.3) is 15.4 Å². The molecule has 0 spiro atoms. The molecule has 1 aliphatic rings. The van der Waals surface area contributed by atoms with Crippen molar-refractivity contribution in [2.75, 3.05) is 33.2 Å². The number of piperazine rings is 1. The van der Waals surface area contributed by atoms with E-state index in [1.54, 1.807) is 18.3 Å². The van der Waals surface area contributed by atoms with Crippen LogP contribution >= 0.6 is 11.3 Å². The Balaban J connectivity index is 1.57. The van der Waals surface area contributed by atoms with Crippen LogP contribution in [0, 0.1) is 5.82 Å². The standard InChI is InChI=1S/C17H17FN4OS/c1-20-6-8-21(9-7-20)16(23)14-10-22-11-15(24-17(22)19-14)12-2-4-13(18)5-3-12/h2-5,10-11H,6-9H2,1H3. The summed E-state index contributed by atoms with van der Waals surface area (Å²) in [6.45, 7) is 3.26. The number of fused-ring (bicyclic) bond motifs is 1. The zero-order valence-corrected chi connectivity index (χ0v) is 14.1. The number of amides is 1. The highest BCUT2D eigenvalue weighted by atomic mass is 32.1. The molecule has 1 fully saturated rings. The number of likely N-dealkylation sites (N-methyl/N-ethyl adjacent to an activating group) is 1. The molecule has 124 valence electrons. The van der Waals surface area contributed by atoms with Crippen LogP contribution in [-0.2, 0) is 0 Å². The highest BCUT2D eigenvalue weighted by molar-refractivity contribution is 7.20. The van der Waals surface area contributed by atoms with Crippen molar-refractivity contribution >= 4 is 22.2 Å². The summed E-state index contributed by atoms with van der Waals surface area (Å²) in [6.07, 6.45) is 3.71. The number of benzene rings is 1. The van der Waals surface area contributed by atoms with Crippen molar-refractivity contribution in [3.05, 3.63) is 48.2 Å². The maximum absolute atomic E-state index is 13.0. The van der Waals surface area contributed by atoms with Crippen LogP contribution < -0.4 is 0 Å². The van der Waals surface area contributed by atoms with Crippen LogP contribution in [0.1, 0.15) is 10.5 Å². The van der Waals surface area contributed by atoms with Crippen LogP contribution in [0.15, 0.2) is 36.7 Å². The first kappa shape index (κ1) is 15.3. The molecule has 1 aliphatic heterocycles. The molecule has 5 nitrogen and oxygen atoms in total. The van der Waals surface area contributed by atoms with Gasteiger partial charge in [0.25, 0.3) is 5.91 Å². The third kappa shape index (κ3) is 2.81. The number of halogens is 1. The van der Waals surface area contributed by atoms with E-state index < -0.39 is 0 Å². The van der Waals surface area contributed by atoms with Gasteiger partial charge in [-0.05, 0) is 24.7 Å². The van der Waals surface area contributed by atoms with E-state index in [2.05, 4.69) is 16.9 Å². The minimum Gasteiger partial charge on any atom is -0.335 e. The number of rotatable bonds is 2. The van der Waals surface area contributed by atoms with Crippen LogP contribution in [0.5, 0.6) is 0 Å². The van der Waals surface area contributed by atoms with Gasteiger partial charge in [-0.25, -0.2) is 9.37 Å². The summed E-state index contributed by atoms with van der Waals surface area (Å²) >= 11 is 1.49. The van der Waals surface area contributed by atoms with Gasteiger partial charge in [-0.3, -0.25) is 9.20 Å². The summed E-state index contributed by atoms with van der Waals surface area (Å²) in [6, 6.07) is 6.38. The molecule has 0 bridgehead atoms. The predicted molar refractivity (Wildman–Crippen MR) is 91.9 cm³/mol. The normalized spacial score (nSPS) is 16.0. The molecule has 3 heterocycles. The zero-order chi connectivity index (χ0) is 16.7. The quantitative estimate of drug-likeness (QED) is 0.717. The monoisotopic (exact) mass is 344 g/mol. The minimum absolute atomic E-state index is 0.0117. The summed E-state index contributed by atoms with van der Waals surface area (Å²) in [5.74, 6) is -0.262. The van der Waals surface area contributed by atoms with Gasteiger partial charge in [-0.2, -0.15) is 0 Å². The Labute approximate surface area is 142 Å². The molecule has 24 heavy (non-hydrogen) atoms. The number of imidazole rings is 1. The Bertz CT molecular complexity index is 846. The Morgan fingerprint density at radius 1 is 1.12 bits per heavy atom. The van der Waals surface area contributed by atoms with Crippen LogP contribution in [0.4, 0.5) is 4.39 Å². The molecule has 0 radical (unpaired) electrons. The predicted octanol–water partition coefficient (Wildman–Crippen LogP) is 2.59. The second-order valence-electron chi connectivity index (χ2n) is 6.01. The third-order valence-corrected chi connectivity index (χ3v) is 5.34. The maximum Gasteiger partial charge on any atom is 0.274 e. The van der Waals surface area contributed by atoms with Gasteiger partial charge in [-0.15, -0.1) is 0 Å². The first-order chi connectivity index (χ1) is 11.6. The minimum atomic E-state index is -0.250. The first-order valence-electron chi connectivity index (χ1n) is 7.82. The first-order valence-corrected chi connectivity index (χ1v) is 8.64. The van der Waals surface area contributed by atoms with E-state index in [0.29, 0.717) is 5.69 Å². The van der Waals surface area contributed by atoms with Gasteiger partial charge in [0, 0.05) is 38.6 Å². The topological polar surface area (TPSA) is 40.9 Å². The highest BCUT2D eigenvalue weighted by Crippen LogP contribution is 2.28. The summed E-state index contributed by atoms with van der Waals surface area (Å²) in [5.41, 5.74) is 1.43. The molecular formula is C17H17FN4OS. The third-order valence-electron chi connectivity index (χ3n) is 4.29. The lowest BCUT2D eigenvalue weighted by molar-refractivity contribution is 0.0659. The number of carbonyl (C=O) groups is 1. The lowest BCUT2D eigenvalue weighted by Gasteiger charge is -2.31. The highest BCUT2D eigenvalue weighted by Gasteiger charge is 2.23. The fourth-order valence-corrected chi connectivity index (χ4v) is 3.79. The average Bonchev–Trinajstić information content (AvgIpc) is 3.14. The lowest BCUT2D eigenvalue weighted by atomic mass is 10.2. The lowest BCUT2D eigenvalue weighted by Crippen LogP contribution is -2.47. The van der Waals surface area contributed by atoms with E-state index in [9.17, 15) is 9.18 Å². The van der Waals surface area contributed by atoms with E-state index in [4.69, 9.17) is 0 Å². The summed E-state index contributed by atoms with van der Waals surface area (Å²) in [5, 5.41) is 0. The number of nitrogens with zero attached hydrogens (tertiary/aromatic N) is 4. The number of carbonyl (C=O) groups excluding carboxylic acids is 1. The van der Waals surface area contributed by atoms with Gasteiger partial charge in [0.05, 0.1) is 4.88 Å². The maximum atomic E-state index is 13.0. The van der Waals surface area contributed by atoms with Gasteiger partial charge in [0.15, 0.2) is 4.96 Å². The molecule has 7 heteroatoms. The van der Waals surface area contributed by atoms with Crippen molar-refractivity contribution < 1.29 is 9.18 Å². The summed E-state index contributed by atoms with van der Waals surface area (Å²) in [7, 11) is 2.06.